The van der Waals surface area contributed by atoms with Crippen molar-refractivity contribution in [2.75, 3.05) is 27.9 Å². The molecule has 0 bridgehead atoms. The van der Waals surface area contributed by atoms with E-state index in [-0.39, 0.29) is 0 Å². The van der Waals surface area contributed by atoms with Crippen molar-refractivity contribution in [2.45, 2.75) is 0 Å². The molecule has 0 aliphatic carbocycles. The molecule has 0 aliphatic rings. The number of carbonyl (C=O) groups is 2. The van der Waals surface area contributed by atoms with Crippen LogP contribution in [0.15, 0.2) is 0 Å². The summed E-state index contributed by atoms with van der Waals surface area (Å²) in [5.74, 6) is 0. The summed E-state index contributed by atoms with van der Waals surface area (Å²) in [4.78, 5) is 19.5. The van der Waals surface area contributed by atoms with Crippen LogP contribution in [-0.4, -0.2) is 40.3 Å². The highest BCUT2D eigenvalue weighted by molar-refractivity contribution is 5.59. The van der Waals surface area contributed by atoms with E-state index in [1.54, 1.807) is 0 Å². The predicted molar refractivity (Wildman–Crippen MR) is 38.9 cm³/mol. The van der Waals surface area contributed by atoms with Crippen LogP contribution in [-0.2, 0) is 18.9 Å². The summed E-state index contributed by atoms with van der Waals surface area (Å²) < 4.78 is 36.9. The molecule has 0 atom stereocenters. The summed E-state index contributed by atoms with van der Waals surface area (Å²) in [5, 5.41) is 0. The smallest absolute Gasteiger partial charge is 0.438 e. The fraction of sp³-hybridized carbons (Fsp3) is 0.667. The Bertz CT molecular complexity index is 144. The minimum Gasteiger partial charge on any atom is -0.438 e. The van der Waals surface area contributed by atoms with Gasteiger partial charge in [0.05, 0.1) is 14.2 Å². The average Bonchev–Trinajstić information content (AvgIpc) is 2.19. The molecule has 0 fully saturated rings. The first-order chi connectivity index (χ1) is 6.62. The van der Waals surface area contributed by atoms with Crippen LogP contribution in [0.25, 0.3) is 0 Å². The van der Waals surface area contributed by atoms with Crippen LogP contribution in [0.1, 0.15) is 0 Å². The number of hydrogen-bond donors (Lipinski definition) is 0. The molecular weight excluding hydrogens is 206 g/mol. The Kier molecular flexibility index (Phi) is 12.1. The van der Waals surface area contributed by atoms with Crippen LogP contribution in [0.2, 0.25) is 0 Å². The van der Waals surface area contributed by atoms with Gasteiger partial charge in [0.2, 0.25) is 13.7 Å². The van der Waals surface area contributed by atoms with Crippen LogP contribution < -0.4 is 0 Å². The maximum atomic E-state index is 10.9. The van der Waals surface area contributed by atoms with Crippen molar-refractivity contribution in [2.24, 2.45) is 0 Å². The van der Waals surface area contributed by atoms with Gasteiger partial charge in [0, 0.05) is 0 Å². The van der Waals surface area contributed by atoms with Crippen molar-refractivity contribution in [3.63, 3.8) is 0 Å². The molecule has 0 rings (SSSR count). The molecule has 8 heteroatoms. The highest BCUT2D eigenvalue weighted by Crippen LogP contribution is 1.80. The third kappa shape index (κ3) is 13.0. The lowest BCUT2D eigenvalue weighted by molar-refractivity contribution is 0.0391. The molecule has 0 heterocycles. The molecular formula is C6H10F2O6. The molecule has 0 radical (unpaired) electrons. The zero-order valence-electron chi connectivity index (χ0n) is 7.62. The van der Waals surface area contributed by atoms with E-state index in [1.807, 2.05) is 0 Å². The quantitative estimate of drug-likeness (QED) is 0.649. The second-order valence-corrected chi connectivity index (χ2v) is 1.42. The van der Waals surface area contributed by atoms with E-state index in [9.17, 15) is 18.4 Å². The first-order valence-corrected chi connectivity index (χ1v) is 3.15. The highest BCUT2D eigenvalue weighted by Gasteiger charge is 1.95. The van der Waals surface area contributed by atoms with Gasteiger partial charge in [-0.1, -0.05) is 0 Å². The van der Waals surface area contributed by atoms with Crippen molar-refractivity contribution in [3.8, 4) is 0 Å². The molecule has 0 saturated heterocycles. The minimum absolute atomic E-state index is 0.998. The van der Waals surface area contributed by atoms with E-state index in [0.29, 0.717) is 0 Å². The van der Waals surface area contributed by atoms with Gasteiger partial charge in [-0.3, -0.25) is 0 Å². The van der Waals surface area contributed by atoms with Gasteiger partial charge in [0.15, 0.2) is 0 Å². The summed E-state index contributed by atoms with van der Waals surface area (Å²) in [6.07, 6.45) is -2.00. The Hall–Kier alpha value is -1.60. The third-order valence-corrected chi connectivity index (χ3v) is 0.678. The van der Waals surface area contributed by atoms with E-state index in [1.165, 1.54) is 0 Å². The second kappa shape index (κ2) is 11.4. The normalized spacial score (nSPS) is 7.71. The predicted octanol–water partition coefficient (Wildman–Crippen LogP) is 1.39. The maximum absolute atomic E-state index is 10.9. The monoisotopic (exact) mass is 216 g/mol. The van der Waals surface area contributed by atoms with E-state index in [0.717, 1.165) is 14.2 Å². The Morgan fingerprint density at radius 1 is 0.929 bits per heavy atom. The molecule has 0 aromatic carbocycles. The Balaban J connectivity index is 0. The van der Waals surface area contributed by atoms with Crippen molar-refractivity contribution < 1.29 is 37.3 Å². The number of methoxy groups -OCH3 is 2. The maximum Gasteiger partial charge on any atom is 0.510 e. The van der Waals surface area contributed by atoms with Crippen LogP contribution >= 0.6 is 0 Å². The topological polar surface area (TPSA) is 71.1 Å². The molecule has 14 heavy (non-hydrogen) atoms. The average molecular weight is 216 g/mol. The zero-order valence-corrected chi connectivity index (χ0v) is 7.62. The summed E-state index contributed by atoms with van der Waals surface area (Å²) in [6, 6.07) is 0. The summed E-state index contributed by atoms with van der Waals surface area (Å²) in [5.41, 5.74) is 0. The van der Waals surface area contributed by atoms with E-state index in [4.69, 9.17) is 0 Å². The number of ether oxygens (including phenoxy) is 4. The minimum atomic E-state index is -1.13. The fourth-order valence-electron chi connectivity index (χ4n) is 0.207. The van der Waals surface area contributed by atoms with Gasteiger partial charge in [-0.25, -0.2) is 18.4 Å². The Morgan fingerprint density at radius 2 is 1.21 bits per heavy atom. The second-order valence-electron chi connectivity index (χ2n) is 1.42. The summed E-state index contributed by atoms with van der Waals surface area (Å²) >= 11 is 0. The van der Waals surface area contributed by atoms with Crippen LogP contribution in [0.3, 0.4) is 0 Å². The van der Waals surface area contributed by atoms with Crippen molar-refractivity contribution in [1.82, 2.24) is 0 Å². The molecule has 0 N–H and O–H groups in total. The SMILES string of the molecule is COC(=O)OCF.COC(=O)OCF. The molecule has 0 aromatic heterocycles. The van der Waals surface area contributed by atoms with Crippen molar-refractivity contribution in [3.05, 3.63) is 0 Å². The molecule has 0 aromatic rings. The number of carbonyl (C=O) groups excluding carboxylic acids is 2. The largest absolute Gasteiger partial charge is 0.510 e. The van der Waals surface area contributed by atoms with E-state index < -0.39 is 26.0 Å². The number of rotatable bonds is 2. The highest BCUT2D eigenvalue weighted by atomic mass is 19.1. The lowest BCUT2D eigenvalue weighted by Crippen LogP contribution is -2.01. The summed E-state index contributed by atoms with van der Waals surface area (Å²) in [6.45, 7) is -2.26. The van der Waals surface area contributed by atoms with Gasteiger partial charge < -0.3 is 18.9 Å². The van der Waals surface area contributed by atoms with E-state index in [2.05, 4.69) is 18.9 Å². The van der Waals surface area contributed by atoms with Gasteiger partial charge in [0.25, 0.3) is 0 Å². The molecule has 6 nitrogen and oxygen atoms in total. The lowest BCUT2D eigenvalue weighted by atomic mass is 11.3. The molecule has 0 amide bonds. The van der Waals surface area contributed by atoms with Gasteiger partial charge in [-0.15, -0.1) is 0 Å². The first kappa shape index (κ1) is 14.9. The molecule has 0 aliphatic heterocycles. The Morgan fingerprint density at radius 3 is 1.29 bits per heavy atom. The van der Waals surface area contributed by atoms with Crippen LogP contribution in [0.4, 0.5) is 18.4 Å². The molecule has 84 valence electrons. The molecule has 0 spiro atoms. The number of hydrogen-bond acceptors (Lipinski definition) is 6. The van der Waals surface area contributed by atoms with Crippen molar-refractivity contribution in [1.29, 1.82) is 0 Å². The molecule has 0 saturated carbocycles. The van der Waals surface area contributed by atoms with Crippen LogP contribution in [0.5, 0.6) is 0 Å². The van der Waals surface area contributed by atoms with Gasteiger partial charge in [0.1, 0.15) is 0 Å². The van der Waals surface area contributed by atoms with Gasteiger partial charge >= 0.3 is 12.3 Å². The lowest BCUT2D eigenvalue weighted by Gasteiger charge is -1.92. The van der Waals surface area contributed by atoms with Gasteiger partial charge in [-0.05, 0) is 0 Å². The van der Waals surface area contributed by atoms with Crippen molar-refractivity contribution >= 4 is 12.3 Å². The third-order valence-electron chi connectivity index (χ3n) is 0.678. The molecule has 0 unspecified atom stereocenters. The standard InChI is InChI=1S/2C3H5FO3/c2*1-6-3(5)7-2-4/h2*2H2,1H3. The fourth-order valence-corrected chi connectivity index (χ4v) is 0.207. The Labute approximate surface area is 78.7 Å². The number of halogens is 2. The summed E-state index contributed by atoms with van der Waals surface area (Å²) in [7, 11) is 2.22. The van der Waals surface area contributed by atoms with Gasteiger partial charge in [-0.2, -0.15) is 0 Å². The first-order valence-electron chi connectivity index (χ1n) is 3.15. The van der Waals surface area contributed by atoms with Crippen LogP contribution in [0, 0.1) is 0 Å². The zero-order chi connectivity index (χ0) is 11.4. The number of alkyl halides is 2. The van der Waals surface area contributed by atoms with E-state index >= 15 is 0 Å².